The number of carbonyl (C=O) groups is 1. The van der Waals surface area contributed by atoms with Gasteiger partial charge in [0.25, 0.3) is 0 Å². The van der Waals surface area contributed by atoms with Crippen LogP contribution in [0.5, 0.6) is 0 Å². The molecule has 21 heavy (non-hydrogen) atoms. The van der Waals surface area contributed by atoms with Gasteiger partial charge in [-0.3, -0.25) is 0 Å². The van der Waals surface area contributed by atoms with Gasteiger partial charge in [0, 0.05) is 4.90 Å². The van der Waals surface area contributed by atoms with E-state index in [0.717, 1.165) is 17.6 Å². The largest absolute Gasteiger partial charge is 0.467 e. The van der Waals surface area contributed by atoms with Crippen LogP contribution in [0.15, 0.2) is 29.2 Å². The third-order valence-electron chi connectivity index (χ3n) is 3.28. The van der Waals surface area contributed by atoms with Crippen molar-refractivity contribution in [3.8, 4) is 0 Å². The van der Waals surface area contributed by atoms with Gasteiger partial charge in [-0.1, -0.05) is 29.5 Å². The Morgan fingerprint density at radius 3 is 2.33 bits per heavy atom. The Balaban J connectivity index is 2.14. The SMILES string of the molecule is COC(=O)C1O[C@@H](Sc2ccc(C)cc2)C(O)[C@H](O)[C@@H]1O. The number of aliphatic hydroxyl groups excluding tert-OH is 3. The molecule has 1 aliphatic heterocycles. The molecule has 6 nitrogen and oxygen atoms in total. The minimum Gasteiger partial charge on any atom is -0.467 e. The van der Waals surface area contributed by atoms with Crippen LogP contribution in [0.2, 0.25) is 0 Å². The molecule has 2 rings (SSSR count). The van der Waals surface area contributed by atoms with Crippen LogP contribution in [0.4, 0.5) is 0 Å². The smallest absolute Gasteiger partial charge is 0.337 e. The van der Waals surface area contributed by atoms with E-state index in [0.29, 0.717) is 0 Å². The summed E-state index contributed by atoms with van der Waals surface area (Å²) in [6.45, 7) is 1.95. The Kier molecular flexibility index (Phi) is 5.23. The number of aryl methyl sites for hydroxylation is 1. The quantitative estimate of drug-likeness (QED) is 0.679. The van der Waals surface area contributed by atoms with Gasteiger partial charge in [0.1, 0.15) is 23.7 Å². The monoisotopic (exact) mass is 314 g/mol. The fourth-order valence-electron chi connectivity index (χ4n) is 2.01. The number of aliphatic hydroxyl groups is 3. The van der Waals surface area contributed by atoms with Crippen LogP contribution in [0.25, 0.3) is 0 Å². The number of rotatable bonds is 3. The van der Waals surface area contributed by atoms with Crippen LogP contribution >= 0.6 is 11.8 Å². The third-order valence-corrected chi connectivity index (χ3v) is 4.44. The zero-order valence-corrected chi connectivity index (χ0v) is 12.5. The van der Waals surface area contributed by atoms with E-state index in [9.17, 15) is 20.1 Å². The van der Waals surface area contributed by atoms with Gasteiger partial charge in [-0.15, -0.1) is 0 Å². The second-order valence-corrected chi connectivity index (χ2v) is 6.02. The lowest BCUT2D eigenvalue weighted by molar-refractivity contribution is -0.211. The topological polar surface area (TPSA) is 96.2 Å². The Labute approximate surface area is 126 Å². The fourth-order valence-corrected chi connectivity index (χ4v) is 3.04. The zero-order chi connectivity index (χ0) is 15.6. The average molecular weight is 314 g/mol. The van der Waals surface area contributed by atoms with Crippen LogP contribution in [-0.2, 0) is 14.3 Å². The summed E-state index contributed by atoms with van der Waals surface area (Å²) in [5.74, 6) is -0.789. The number of esters is 1. The average Bonchev–Trinajstić information content (AvgIpc) is 2.49. The molecule has 1 aromatic carbocycles. The molecule has 0 amide bonds. The molecular formula is C14H18O6S. The molecule has 1 aromatic rings. The number of ether oxygens (including phenoxy) is 2. The second kappa shape index (κ2) is 6.76. The number of thioether (sulfide) groups is 1. The predicted molar refractivity (Wildman–Crippen MR) is 75.7 cm³/mol. The molecule has 116 valence electrons. The van der Waals surface area contributed by atoms with Crippen molar-refractivity contribution < 1.29 is 29.6 Å². The van der Waals surface area contributed by atoms with Crippen LogP contribution in [0, 0.1) is 6.92 Å². The fraction of sp³-hybridized carbons (Fsp3) is 0.500. The Bertz CT molecular complexity index is 491. The molecule has 2 unspecified atom stereocenters. The van der Waals surface area contributed by atoms with Gasteiger partial charge in [-0.25, -0.2) is 4.79 Å². The van der Waals surface area contributed by atoms with Crippen molar-refractivity contribution in [2.75, 3.05) is 7.11 Å². The summed E-state index contributed by atoms with van der Waals surface area (Å²) in [4.78, 5) is 12.4. The number of hydrogen-bond donors (Lipinski definition) is 3. The maximum absolute atomic E-state index is 11.6. The van der Waals surface area contributed by atoms with Crippen molar-refractivity contribution in [2.24, 2.45) is 0 Å². The summed E-state index contributed by atoms with van der Waals surface area (Å²) in [5.41, 5.74) is 0.211. The Hall–Kier alpha value is -1.12. The maximum Gasteiger partial charge on any atom is 0.337 e. The van der Waals surface area contributed by atoms with Gasteiger partial charge in [0.2, 0.25) is 0 Å². The van der Waals surface area contributed by atoms with Crippen molar-refractivity contribution in [1.29, 1.82) is 0 Å². The van der Waals surface area contributed by atoms with E-state index < -0.39 is 35.8 Å². The van der Waals surface area contributed by atoms with Crippen molar-refractivity contribution in [3.05, 3.63) is 29.8 Å². The molecule has 0 aliphatic carbocycles. The Morgan fingerprint density at radius 2 is 1.76 bits per heavy atom. The molecule has 1 heterocycles. The number of carbonyl (C=O) groups excluding carboxylic acids is 1. The molecule has 0 spiro atoms. The minimum absolute atomic E-state index is 0.789. The first kappa shape index (κ1) is 16.3. The van der Waals surface area contributed by atoms with Gasteiger partial charge in [-0.2, -0.15) is 0 Å². The molecule has 0 aromatic heterocycles. The van der Waals surface area contributed by atoms with E-state index in [4.69, 9.17) is 4.74 Å². The summed E-state index contributed by atoms with van der Waals surface area (Å²) in [6.07, 6.45) is -5.64. The lowest BCUT2D eigenvalue weighted by atomic mass is 10.00. The van der Waals surface area contributed by atoms with E-state index in [1.54, 1.807) is 0 Å². The minimum atomic E-state index is -1.53. The molecule has 0 bridgehead atoms. The number of methoxy groups -OCH3 is 1. The first-order valence-corrected chi connectivity index (χ1v) is 7.33. The highest BCUT2D eigenvalue weighted by Gasteiger charge is 2.47. The van der Waals surface area contributed by atoms with Crippen molar-refractivity contribution in [1.82, 2.24) is 0 Å². The summed E-state index contributed by atoms with van der Waals surface area (Å²) in [7, 11) is 1.16. The van der Waals surface area contributed by atoms with Crippen LogP contribution in [0.3, 0.4) is 0 Å². The molecule has 5 atom stereocenters. The molecule has 1 saturated heterocycles. The van der Waals surface area contributed by atoms with Crippen molar-refractivity contribution >= 4 is 17.7 Å². The van der Waals surface area contributed by atoms with Gasteiger partial charge in [-0.05, 0) is 19.1 Å². The van der Waals surface area contributed by atoms with Gasteiger partial charge >= 0.3 is 5.97 Å². The normalized spacial score (nSPS) is 32.7. The lowest BCUT2D eigenvalue weighted by Crippen LogP contribution is -2.59. The predicted octanol–water partition coefficient (Wildman–Crippen LogP) is 0.0677. The van der Waals surface area contributed by atoms with Crippen LogP contribution in [0.1, 0.15) is 5.56 Å². The van der Waals surface area contributed by atoms with E-state index in [1.807, 2.05) is 31.2 Å². The standard InChI is InChI=1S/C14H18O6S/c1-7-3-5-8(6-4-7)21-14-11(17)9(15)10(16)12(20-14)13(18)19-2/h3-6,9-12,14-17H,1-2H3/t9-,10+,11?,12?,14+/m1/s1. The summed E-state index contributed by atoms with van der Waals surface area (Å²) in [6, 6.07) is 7.50. The van der Waals surface area contributed by atoms with Gasteiger partial charge < -0.3 is 24.8 Å². The van der Waals surface area contributed by atoms with Crippen LogP contribution in [-0.4, -0.2) is 58.3 Å². The number of hydrogen-bond acceptors (Lipinski definition) is 7. The van der Waals surface area contributed by atoms with Crippen molar-refractivity contribution in [2.45, 2.75) is 41.7 Å². The lowest BCUT2D eigenvalue weighted by Gasteiger charge is -2.38. The summed E-state index contributed by atoms with van der Waals surface area (Å²) in [5, 5.41) is 29.6. The maximum atomic E-state index is 11.6. The number of benzene rings is 1. The van der Waals surface area contributed by atoms with Gasteiger partial charge in [0.05, 0.1) is 7.11 Å². The highest BCUT2D eigenvalue weighted by molar-refractivity contribution is 7.99. The molecule has 1 fully saturated rings. The first-order valence-electron chi connectivity index (χ1n) is 6.45. The molecule has 0 saturated carbocycles. The third kappa shape index (κ3) is 3.56. The highest BCUT2D eigenvalue weighted by atomic mass is 32.2. The second-order valence-electron chi connectivity index (χ2n) is 4.85. The summed E-state index contributed by atoms with van der Waals surface area (Å²) < 4.78 is 9.93. The van der Waals surface area contributed by atoms with Crippen molar-refractivity contribution in [3.63, 3.8) is 0 Å². The van der Waals surface area contributed by atoms with E-state index in [1.165, 1.54) is 11.8 Å². The molecule has 7 heteroatoms. The zero-order valence-electron chi connectivity index (χ0n) is 11.7. The van der Waals surface area contributed by atoms with E-state index >= 15 is 0 Å². The molecule has 1 aliphatic rings. The molecule has 3 N–H and O–H groups in total. The molecular weight excluding hydrogens is 296 g/mol. The van der Waals surface area contributed by atoms with E-state index in [2.05, 4.69) is 4.74 Å². The Morgan fingerprint density at radius 1 is 1.14 bits per heavy atom. The summed E-state index contributed by atoms with van der Waals surface area (Å²) >= 11 is 1.17. The van der Waals surface area contributed by atoms with E-state index in [-0.39, 0.29) is 0 Å². The highest BCUT2D eigenvalue weighted by Crippen LogP contribution is 2.33. The first-order chi connectivity index (χ1) is 9.93. The van der Waals surface area contributed by atoms with Crippen LogP contribution < -0.4 is 0 Å². The molecule has 0 radical (unpaired) electrons. The van der Waals surface area contributed by atoms with Gasteiger partial charge in [0.15, 0.2) is 6.10 Å².